The molecule has 4 aliphatic rings. The van der Waals surface area contributed by atoms with Crippen molar-refractivity contribution in [3.05, 3.63) is 191 Å². The number of ether oxygens (including phenoxy) is 1. The molecule has 3 nitrogen and oxygen atoms in total. The molecule has 0 aromatic heterocycles. The van der Waals surface area contributed by atoms with Gasteiger partial charge in [-0.3, -0.25) is 0 Å². The maximum atomic E-state index is 6.97. The van der Waals surface area contributed by atoms with Crippen molar-refractivity contribution >= 4 is 44.9 Å². The van der Waals surface area contributed by atoms with Crippen LogP contribution in [-0.2, 0) is 16.2 Å². The van der Waals surface area contributed by atoms with E-state index in [4.69, 9.17) is 4.74 Å². The molecular weight excluding hydrogens is 705 g/mol. The van der Waals surface area contributed by atoms with Crippen molar-refractivity contribution in [3.63, 3.8) is 0 Å². The van der Waals surface area contributed by atoms with Crippen LogP contribution in [0, 0.1) is 0 Å². The van der Waals surface area contributed by atoms with Crippen LogP contribution in [0.1, 0.15) is 74.9 Å². The standard InChI is InChI=1S/C55H44N2O/c1-53(2)41-19-11-9-17-37(41)39-26-24-34(31-44(39)53)56(35-25-27-40-38-18-10-12-20-42(38)54(3,4)45(40)32-35)47-28-30-49-52-50(47)55(5,6)43-21-13-14-22-46(43)57(52)51-36-16-8-7-15-33(36)23-29-48(51)58-49/h7-32H,1-6H3. The fourth-order valence-corrected chi connectivity index (χ4v) is 11.1. The van der Waals surface area contributed by atoms with Crippen molar-refractivity contribution in [1.82, 2.24) is 0 Å². The zero-order chi connectivity index (χ0) is 39.3. The van der Waals surface area contributed by atoms with E-state index in [9.17, 15) is 0 Å². The SMILES string of the molecule is CC1(C)c2ccccc2-c2ccc(N(c3ccc4c(c3)C(C)(C)c3ccccc3-4)c3ccc4c5c3C(C)(C)c3ccccc3N5c3c(ccc5ccccc35)O4)cc21. The van der Waals surface area contributed by atoms with Crippen molar-refractivity contribution in [2.75, 3.05) is 9.80 Å². The van der Waals surface area contributed by atoms with Crippen LogP contribution >= 0.6 is 0 Å². The zero-order valence-corrected chi connectivity index (χ0v) is 33.8. The van der Waals surface area contributed by atoms with Gasteiger partial charge in [0.2, 0.25) is 0 Å². The zero-order valence-electron chi connectivity index (χ0n) is 33.8. The van der Waals surface area contributed by atoms with E-state index in [0.29, 0.717) is 0 Å². The monoisotopic (exact) mass is 748 g/mol. The summed E-state index contributed by atoms with van der Waals surface area (Å²) in [5.74, 6) is 1.75. The maximum absolute atomic E-state index is 6.97. The van der Waals surface area contributed by atoms with Gasteiger partial charge in [0, 0.05) is 38.6 Å². The summed E-state index contributed by atoms with van der Waals surface area (Å²) < 4.78 is 6.97. The first kappa shape index (κ1) is 33.5. The molecule has 0 radical (unpaired) electrons. The van der Waals surface area contributed by atoms with E-state index in [-0.39, 0.29) is 16.2 Å². The summed E-state index contributed by atoms with van der Waals surface area (Å²) in [6.45, 7) is 14.3. The molecule has 0 spiro atoms. The number of hydrogen-bond donors (Lipinski definition) is 0. The summed E-state index contributed by atoms with van der Waals surface area (Å²) in [4.78, 5) is 5.04. The number of anilines is 6. The first-order valence-corrected chi connectivity index (χ1v) is 20.6. The average Bonchev–Trinajstić information content (AvgIpc) is 3.61. The molecule has 0 amide bonds. The van der Waals surface area contributed by atoms with Crippen LogP contribution in [0.25, 0.3) is 33.0 Å². The molecule has 0 bridgehead atoms. The second kappa shape index (κ2) is 11.3. The van der Waals surface area contributed by atoms with Gasteiger partial charge in [0.05, 0.1) is 22.7 Å². The highest BCUT2D eigenvalue weighted by atomic mass is 16.5. The molecular formula is C55H44N2O. The summed E-state index contributed by atoms with van der Waals surface area (Å²) in [6.07, 6.45) is 0. The summed E-state index contributed by atoms with van der Waals surface area (Å²) in [5.41, 5.74) is 19.5. The van der Waals surface area contributed by atoms with Crippen LogP contribution in [0.4, 0.5) is 34.1 Å². The predicted octanol–water partition coefficient (Wildman–Crippen LogP) is 15.1. The average molecular weight is 749 g/mol. The van der Waals surface area contributed by atoms with Gasteiger partial charge in [-0.15, -0.1) is 0 Å². The highest BCUT2D eigenvalue weighted by molar-refractivity contribution is 6.07. The van der Waals surface area contributed by atoms with Gasteiger partial charge < -0.3 is 14.5 Å². The van der Waals surface area contributed by atoms with Crippen LogP contribution in [0.2, 0.25) is 0 Å². The predicted molar refractivity (Wildman–Crippen MR) is 241 cm³/mol. The second-order valence-corrected chi connectivity index (χ2v) is 18.2. The minimum atomic E-state index is -0.379. The van der Waals surface area contributed by atoms with Crippen LogP contribution < -0.4 is 14.5 Å². The molecule has 0 N–H and O–H groups in total. The lowest BCUT2D eigenvalue weighted by Crippen LogP contribution is -2.34. The molecule has 0 saturated carbocycles. The van der Waals surface area contributed by atoms with E-state index in [2.05, 4.69) is 209 Å². The van der Waals surface area contributed by atoms with Gasteiger partial charge >= 0.3 is 0 Å². The minimum Gasteiger partial charge on any atom is -0.453 e. The number of hydrogen-bond acceptors (Lipinski definition) is 3. The third-order valence-electron chi connectivity index (χ3n) is 14.0. The fourth-order valence-electron chi connectivity index (χ4n) is 11.1. The second-order valence-electron chi connectivity index (χ2n) is 18.2. The fraction of sp³-hybridized carbons (Fsp3) is 0.164. The number of para-hydroxylation sites is 1. The summed E-state index contributed by atoms with van der Waals surface area (Å²) in [7, 11) is 0. The van der Waals surface area contributed by atoms with Gasteiger partial charge in [-0.1, -0.05) is 151 Å². The topological polar surface area (TPSA) is 15.7 Å². The van der Waals surface area contributed by atoms with Crippen LogP contribution in [0.15, 0.2) is 158 Å². The van der Waals surface area contributed by atoms with Crippen molar-refractivity contribution in [1.29, 1.82) is 0 Å². The Labute approximate surface area is 340 Å². The molecule has 0 fully saturated rings. The highest BCUT2D eigenvalue weighted by Gasteiger charge is 2.45. The molecule has 2 aliphatic heterocycles. The van der Waals surface area contributed by atoms with Crippen LogP contribution in [0.3, 0.4) is 0 Å². The molecule has 3 heteroatoms. The molecule has 0 atom stereocenters. The normalized spacial score (nSPS) is 16.3. The smallest absolute Gasteiger partial charge is 0.152 e. The molecule has 12 rings (SSSR count). The Morgan fingerprint density at radius 3 is 1.60 bits per heavy atom. The lowest BCUT2D eigenvalue weighted by atomic mass is 9.72. The lowest BCUT2D eigenvalue weighted by molar-refractivity contribution is 0.472. The number of rotatable bonds is 3. The molecule has 8 aromatic carbocycles. The van der Waals surface area contributed by atoms with E-state index in [1.165, 1.54) is 72.1 Å². The van der Waals surface area contributed by atoms with E-state index in [1.807, 2.05) is 0 Å². The summed E-state index contributed by atoms with van der Waals surface area (Å²) in [6, 6.07) is 58.7. The first-order valence-electron chi connectivity index (χ1n) is 20.6. The Bertz CT molecular complexity index is 2990. The lowest BCUT2D eigenvalue weighted by Gasteiger charge is -2.47. The number of benzene rings is 8. The third-order valence-corrected chi connectivity index (χ3v) is 14.0. The Hall–Kier alpha value is -6.58. The Morgan fingerprint density at radius 1 is 0.431 bits per heavy atom. The van der Waals surface area contributed by atoms with Crippen LogP contribution in [0.5, 0.6) is 11.5 Å². The van der Waals surface area contributed by atoms with Crippen molar-refractivity contribution in [2.24, 2.45) is 0 Å². The largest absolute Gasteiger partial charge is 0.453 e. The van der Waals surface area contributed by atoms with Gasteiger partial charge in [-0.25, -0.2) is 0 Å². The van der Waals surface area contributed by atoms with Gasteiger partial charge in [-0.05, 0) is 104 Å². The number of fused-ring (bicyclic) bond motifs is 12. The molecule has 8 aromatic rings. The van der Waals surface area contributed by atoms with Gasteiger partial charge in [0.25, 0.3) is 0 Å². The first-order chi connectivity index (χ1) is 28.0. The molecule has 2 heterocycles. The van der Waals surface area contributed by atoms with Gasteiger partial charge in [0.15, 0.2) is 11.5 Å². The Morgan fingerprint density at radius 2 is 0.948 bits per heavy atom. The van der Waals surface area contributed by atoms with Crippen molar-refractivity contribution in [2.45, 2.75) is 57.8 Å². The van der Waals surface area contributed by atoms with Gasteiger partial charge in [0.1, 0.15) is 0 Å². The third kappa shape index (κ3) is 4.23. The van der Waals surface area contributed by atoms with Crippen molar-refractivity contribution in [3.8, 4) is 33.8 Å². The summed E-state index contributed by atoms with van der Waals surface area (Å²) >= 11 is 0. The van der Waals surface area contributed by atoms with E-state index >= 15 is 0 Å². The quantitative estimate of drug-likeness (QED) is 0.179. The highest BCUT2D eigenvalue weighted by Crippen LogP contribution is 2.64. The minimum absolute atomic E-state index is 0.146. The molecule has 58 heavy (non-hydrogen) atoms. The van der Waals surface area contributed by atoms with E-state index < -0.39 is 0 Å². The number of nitrogens with zero attached hydrogens (tertiary/aromatic N) is 2. The molecule has 0 unspecified atom stereocenters. The van der Waals surface area contributed by atoms with E-state index in [0.717, 1.165) is 39.9 Å². The molecule has 280 valence electrons. The van der Waals surface area contributed by atoms with Crippen molar-refractivity contribution < 1.29 is 4.74 Å². The Balaban J connectivity index is 1.15. The maximum Gasteiger partial charge on any atom is 0.152 e. The van der Waals surface area contributed by atoms with E-state index in [1.54, 1.807) is 0 Å². The van der Waals surface area contributed by atoms with Crippen LogP contribution in [-0.4, -0.2) is 0 Å². The molecule has 0 saturated heterocycles. The molecule has 2 aliphatic carbocycles. The van der Waals surface area contributed by atoms with Gasteiger partial charge in [-0.2, -0.15) is 0 Å². The Kier molecular flexibility index (Phi) is 6.53. The summed E-state index contributed by atoms with van der Waals surface area (Å²) in [5, 5.41) is 2.37.